The van der Waals surface area contributed by atoms with E-state index in [4.69, 9.17) is 11.6 Å². The van der Waals surface area contributed by atoms with E-state index in [0.717, 1.165) is 16.8 Å². The lowest BCUT2D eigenvalue weighted by atomic mass is 9.96. The van der Waals surface area contributed by atoms with E-state index < -0.39 is 5.60 Å². The van der Waals surface area contributed by atoms with Crippen molar-refractivity contribution < 1.29 is 5.11 Å². The Kier molecular flexibility index (Phi) is 4.13. The van der Waals surface area contributed by atoms with E-state index in [2.05, 4.69) is 5.32 Å². The summed E-state index contributed by atoms with van der Waals surface area (Å²) in [5.74, 6) is 0. The third kappa shape index (κ3) is 3.49. The van der Waals surface area contributed by atoms with Crippen LogP contribution in [0.2, 0.25) is 5.02 Å². The highest BCUT2D eigenvalue weighted by molar-refractivity contribution is 6.30. The minimum Gasteiger partial charge on any atom is -0.384 e. The summed E-state index contributed by atoms with van der Waals surface area (Å²) in [7, 11) is 0. The number of hydrogen-bond donors (Lipinski definition) is 2. The van der Waals surface area contributed by atoms with Crippen molar-refractivity contribution in [3.63, 3.8) is 0 Å². The highest BCUT2D eigenvalue weighted by Gasteiger charge is 2.22. The molecule has 0 heterocycles. The lowest BCUT2D eigenvalue weighted by molar-refractivity contribution is 0.0715. The Morgan fingerprint density at radius 2 is 1.84 bits per heavy atom. The van der Waals surface area contributed by atoms with Gasteiger partial charge in [0.05, 0.1) is 0 Å². The smallest absolute Gasteiger partial charge is 0.104 e. The Morgan fingerprint density at radius 1 is 1.16 bits per heavy atom. The summed E-state index contributed by atoms with van der Waals surface area (Å²) in [4.78, 5) is 0. The van der Waals surface area contributed by atoms with E-state index in [9.17, 15) is 5.11 Å². The Labute approximate surface area is 119 Å². The molecule has 0 bridgehead atoms. The van der Waals surface area contributed by atoms with Gasteiger partial charge in [0, 0.05) is 17.3 Å². The first-order chi connectivity index (χ1) is 8.99. The zero-order chi connectivity index (χ0) is 13.9. The van der Waals surface area contributed by atoms with Gasteiger partial charge in [0.2, 0.25) is 0 Å². The summed E-state index contributed by atoms with van der Waals surface area (Å²) in [6.45, 7) is 4.24. The van der Waals surface area contributed by atoms with Crippen molar-refractivity contribution in [2.45, 2.75) is 19.4 Å². The SMILES string of the molecule is Cc1ccc(Cl)cc1NCC(C)(O)c1ccccc1. The summed E-state index contributed by atoms with van der Waals surface area (Å²) >= 11 is 5.98. The monoisotopic (exact) mass is 275 g/mol. The van der Waals surface area contributed by atoms with Crippen LogP contribution in [0.4, 0.5) is 5.69 Å². The van der Waals surface area contributed by atoms with Crippen molar-refractivity contribution in [3.05, 3.63) is 64.7 Å². The average Bonchev–Trinajstić information content (AvgIpc) is 2.41. The molecule has 0 fully saturated rings. The Morgan fingerprint density at radius 3 is 2.53 bits per heavy atom. The molecule has 1 unspecified atom stereocenters. The molecule has 0 radical (unpaired) electrons. The van der Waals surface area contributed by atoms with Gasteiger partial charge < -0.3 is 10.4 Å². The number of benzene rings is 2. The average molecular weight is 276 g/mol. The normalized spacial score (nSPS) is 13.9. The number of hydrogen-bond acceptors (Lipinski definition) is 2. The standard InChI is InChI=1S/C16H18ClNO/c1-12-8-9-14(17)10-15(12)18-11-16(2,19)13-6-4-3-5-7-13/h3-10,18-19H,11H2,1-2H3. The molecular formula is C16H18ClNO. The number of anilines is 1. The van der Waals surface area contributed by atoms with Crippen LogP contribution in [0.5, 0.6) is 0 Å². The van der Waals surface area contributed by atoms with Crippen molar-refractivity contribution in [3.8, 4) is 0 Å². The van der Waals surface area contributed by atoms with Gasteiger partial charge in [0.15, 0.2) is 0 Å². The van der Waals surface area contributed by atoms with Crippen molar-refractivity contribution >= 4 is 17.3 Å². The van der Waals surface area contributed by atoms with Crippen LogP contribution in [-0.2, 0) is 5.60 Å². The molecule has 3 heteroatoms. The second kappa shape index (κ2) is 5.64. The highest BCUT2D eigenvalue weighted by Crippen LogP contribution is 2.24. The molecule has 0 aliphatic heterocycles. The first-order valence-corrected chi connectivity index (χ1v) is 6.65. The van der Waals surface area contributed by atoms with Gasteiger partial charge in [-0.2, -0.15) is 0 Å². The van der Waals surface area contributed by atoms with Crippen molar-refractivity contribution in [2.75, 3.05) is 11.9 Å². The highest BCUT2D eigenvalue weighted by atomic mass is 35.5. The van der Waals surface area contributed by atoms with E-state index in [1.54, 1.807) is 6.92 Å². The van der Waals surface area contributed by atoms with Crippen LogP contribution in [0.3, 0.4) is 0 Å². The molecule has 0 amide bonds. The maximum Gasteiger partial charge on any atom is 0.104 e. The van der Waals surface area contributed by atoms with E-state index in [0.29, 0.717) is 11.6 Å². The molecule has 100 valence electrons. The number of halogens is 1. The summed E-state index contributed by atoms with van der Waals surface area (Å²) < 4.78 is 0. The van der Waals surface area contributed by atoms with Gasteiger partial charge in [0.25, 0.3) is 0 Å². The maximum atomic E-state index is 10.5. The van der Waals surface area contributed by atoms with E-state index in [1.807, 2.05) is 55.5 Å². The van der Waals surface area contributed by atoms with Gasteiger partial charge in [0.1, 0.15) is 5.60 Å². The quantitative estimate of drug-likeness (QED) is 0.885. The second-order valence-corrected chi connectivity index (χ2v) is 5.39. The molecule has 1 atom stereocenters. The molecule has 0 saturated heterocycles. The number of aryl methyl sites for hydroxylation is 1. The summed E-state index contributed by atoms with van der Waals surface area (Å²) in [5, 5.41) is 14.5. The van der Waals surface area contributed by atoms with Gasteiger partial charge in [-0.1, -0.05) is 48.0 Å². The van der Waals surface area contributed by atoms with Crippen LogP contribution < -0.4 is 5.32 Å². The fourth-order valence-corrected chi connectivity index (χ4v) is 2.12. The van der Waals surface area contributed by atoms with Crippen LogP contribution in [0.15, 0.2) is 48.5 Å². The molecule has 2 nitrogen and oxygen atoms in total. The lowest BCUT2D eigenvalue weighted by Gasteiger charge is -2.25. The Hall–Kier alpha value is -1.51. The topological polar surface area (TPSA) is 32.3 Å². The zero-order valence-corrected chi connectivity index (χ0v) is 11.9. The van der Waals surface area contributed by atoms with Gasteiger partial charge in [-0.15, -0.1) is 0 Å². The van der Waals surface area contributed by atoms with Crippen LogP contribution in [0.1, 0.15) is 18.1 Å². The minimum atomic E-state index is -0.921. The van der Waals surface area contributed by atoms with E-state index in [-0.39, 0.29) is 0 Å². The molecular weight excluding hydrogens is 258 g/mol. The predicted molar refractivity (Wildman–Crippen MR) is 80.7 cm³/mol. The third-order valence-electron chi connectivity index (χ3n) is 3.22. The van der Waals surface area contributed by atoms with Gasteiger partial charge in [-0.25, -0.2) is 0 Å². The predicted octanol–water partition coefficient (Wildman–Crippen LogP) is 3.97. The van der Waals surface area contributed by atoms with Crippen molar-refractivity contribution in [1.82, 2.24) is 0 Å². The Balaban J connectivity index is 2.12. The lowest BCUT2D eigenvalue weighted by Crippen LogP contribution is -2.30. The molecule has 0 aromatic heterocycles. The molecule has 2 aromatic rings. The van der Waals surface area contributed by atoms with Crippen LogP contribution in [0.25, 0.3) is 0 Å². The van der Waals surface area contributed by atoms with Gasteiger partial charge in [-0.3, -0.25) is 0 Å². The van der Waals surface area contributed by atoms with Crippen LogP contribution in [-0.4, -0.2) is 11.7 Å². The molecule has 0 saturated carbocycles. The molecule has 0 spiro atoms. The summed E-state index contributed by atoms with van der Waals surface area (Å²) in [5.41, 5.74) is 2.02. The van der Waals surface area contributed by atoms with Gasteiger partial charge in [-0.05, 0) is 37.1 Å². The largest absolute Gasteiger partial charge is 0.384 e. The van der Waals surface area contributed by atoms with E-state index >= 15 is 0 Å². The van der Waals surface area contributed by atoms with Crippen molar-refractivity contribution in [2.24, 2.45) is 0 Å². The summed E-state index contributed by atoms with van der Waals surface area (Å²) in [6, 6.07) is 15.3. The van der Waals surface area contributed by atoms with Crippen LogP contribution in [0, 0.1) is 6.92 Å². The first-order valence-electron chi connectivity index (χ1n) is 6.27. The number of rotatable bonds is 4. The van der Waals surface area contributed by atoms with Crippen molar-refractivity contribution in [1.29, 1.82) is 0 Å². The first kappa shape index (κ1) is 13.9. The minimum absolute atomic E-state index is 0.429. The molecule has 2 aromatic carbocycles. The number of aliphatic hydroxyl groups is 1. The molecule has 0 aliphatic rings. The third-order valence-corrected chi connectivity index (χ3v) is 3.45. The maximum absolute atomic E-state index is 10.5. The van der Waals surface area contributed by atoms with Gasteiger partial charge >= 0.3 is 0 Å². The molecule has 2 N–H and O–H groups in total. The molecule has 19 heavy (non-hydrogen) atoms. The van der Waals surface area contributed by atoms with Crippen LogP contribution >= 0.6 is 11.6 Å². The Bertz CT molecular complexity index is 552. The fourth-order valence-electron chi connectivity index (χ4n) is 1.95. The fraction of sp³-hybridized carbons (Fsp3) is 0.250. The second-order valence-electron chi connectivity index (χ2n) is 4.95. The molecule has 2 rings (SSSR count). The zero-order valence-electron chi connectivity index (χ0n) is 11.2. The summed E-state index contributed by atoms with van der Waals surface area (Å²) in [6.07, 6.45) is 0. The van der Waals surface area contributed by atoms with E-state index in [1.165, 1.54) is 0 Å². The molecule has 0 aliphatic carbocycles. The number of nitrogens with one attached hydrogen (secondary N) is 1.